The monoisotopic (exact) mass is 166 g/mol. The van der Waals surface area contributed by atoms with Crippen LogP contribution in [0.2, 0.25) is 0 Å². The summed E-state index contributed by atoms with van der Waals surface area (Å²) in [6, 6.07) is 0. The molecule has 0 aromatic rings. The maximum absolute atomic E-state index is 11.6. The lowest BCUT2D eigenvalue weighted by atomic mass is 9.66. The second-order valence-corrected chi connectivity index (χ2v) is 4.14. The first-order valence-corrected chi connectivity index (χ1v) is 4.76. The van der Waals surface area contributed by atoms with Crippen molar-refractivity contribution in [2.24, 2.45) is 17.8 Å². The summed E-state index contributed by atoms with van der Waals surface area (Å²) >= 11 is 0. The Bertz CT molecular complexity index is 232. The Kier molecular flexibility index (Phi) is 1.78. The van der Waals surface area contributed by atoms with Crippen LogP contribution in [-0.2, 0) is 9.59 Å². The summed E-state index contributed by atoms with van der Waals surface area (Å²) in [5.74, 6) is 0.747. The summed E-state index contributed by atoms with van der Waals surface area (Å²) < 4.78 is 0. The van der Waals surface area contributed by atoms with E-state index in [-0.39, 0.29) is 23.4 Å². The van der Waals surface area contributed by atoms with Gasteiger partial charge in [0.1, 0.15) is 11.6 Å². The summed E-state index contributed by atoms with van der Waals surface area (Å²) in [5.41, 5.74) is 0. The predicted octanol–water partition coefficient (Wildman–Crippen LogP) is 1.58. The zero-order valence-electron chi connectivity index (χ0n) is 7.38. The highest BCUT2D eigenvalue weighted by atomic mass is 16.2. The molecule has 0 saturated heterocycles. The molecule has 2 heteroatoms. The Morgan fingerprint density at radius 2 is 2.00 bits per heavy atom. The van der Waals surface area contributed by atoms with Crippen LogP contribution in [-0.4, -0.2) is 11.6 Å². The van der Waals surface area contributed by atoms with Crippen LogP contribution in [0.5, 0.6) is 0 Å². The van der Waals surface area contributed by atoms with Crippen molar-refractivity contribution < 1.29 is 9.59 Å². The lowest BCUT2D eigenvalue weighted by Crippen LogP contribution is -2.43. The van der Waals surface area contributed by atoms with E-state index in [9.17, 15) is 9.59 Å². The van der Waals surface area contributed by atoms with Crippen molar-refractivity contribution >= 4 is 11.6 Å². The summed E-state index contributed by atoms with van der Waals surface area (Å²) in [4.78, 5) is 23.0. The molecule has 0 unspecified atom stereocenters. The van der Waals surface area contributed by atoms with Crippen molar-refractivity contribution in [3.05, 3.63) is 0 Å². The van der Waals surface area contributed by atoms with E-state index in [2.05, 4.69) is 0 Å². The highest BCUT2D eigenvalue weighted by Crippen LogP contribution is 2.38. The van der Waals surface area contributed by atoms with Gasteiger partial charge >= 0.3 is 0 Å². The first-order chi connectivity index (χ1) is 5.70. The first kappa shape index (κ1) is 7.96. The molecule has 2 aliphatic carbocycles. The third-order valence-electron chi connectivity index (χ3n) is 3.32. The van der Waals surface area contributed by atoms with Gasteiger partial charge in [0.2, 0.25) is 0 Å². The number of carbonyl (C=O) groups excluding carboxylic acids is 2. The van der Waals surface area contributed by atoms with Gasteiger partial charge < -0.3 is 0 Å². The first-order valence-electron chi connectivity index (χ1n) is 4.76. The molecule has 0 aromatic heterocycles. The molecule has 2 aliphatic rings. The zero-order valence-corrected chi connectivity index (χ0v) is 7.38. The molecule has 0 amide bonds. The topological polar surface area (TPSA) is 34.1 Å². The number of hydrogen-bond donors (Lipinski definition) is 0. The van der Waals surface area contributed by atoms with Crippen LogP contribution in [0.15, 0.2) is 0 Å². The number of fused-ring (bicyclic) bond motifs is 2. The van der Waals surface area contributed by atoms with Gasteiger partial charge in [-0.05, 0) is 18.8 Å². The quantitative estimate of drug-likeness (QED) is 0.512. The van der Waals surface area contributed by atoms with Gasteiger partial charge in [0.15, 0.2) is 0 Å². The van der Waals surface area contributed by atoms with E-state index in [1.165, 1.54) is 0 Å². The maximum Gasteiger partial charge on any atom is 0.146 e. The zero-order chi connectivity index (χ0) is 8.72. The number of Topliss-reactive ketones (excluding diaryl/α,β-unsaturated/α-hetero) is 2. The number of hydrogen-bond acceptors (Lipinski definition) is 2. The largest absolute Gasteiger partial charge is 0.299 e. The van der Waals surface area contributed by atoms with E-state index in [1.807, 2.05) is 6.92 Å². The highest BCUT2D eigenvalue weighted by Gasteiger charge is 2.43. The molecule has 3 atom stereocenters. The highest BCUT2D eigenvalue weighted by molar-refractivity contribution is 6.06. The number of ketones is 2. The van der Waals surface area contributed by atoms with Crippen molar-refractivity contribution in [2.75, 3.05) is 0 Å². The third-order valence-corrected chi connectivity index (χ3v) is 3.32. The molecule has 2 saturated carbocycles. The van der Waals surface area contributed by atoms with E-state index in [0.717, 1.165) is 19.3 Å². The van der Waals surface area contributed by atoms with Crippen LogP contribution >= 0.6 is 0 Å². The molecule has 0 N–H and O–H groups in total. The Morgan fingerprint density at radius 3 is 2.75 bits per heavy atom. The number of carbonyl (C=O) groups is 2. The molecule has 2 bridgehead atoms. The fourth-order valence-corrected chi connectivity index (χ4v) is 2.57. The molecular formula is C10H14O2. The Balaban J connectivity index is 2.26. The average Bonchev–Trinajstić information content (AvgIpc) is 2.01. The molecule has 0 aliphatic heterocycles. The van der Waals surface area contributed by atoms with Crippen molar-refractivity contribution in [1.29, 1.82) is 0 Å². The van der Waals surface area contributed by atoms with Gasteiger partial charge in [0, 0.05) is 12.3 Å². The average molecular weight is 166 g/mol. The van der Waals surface area contributed by atoms with Crippen molar-refractivity contribution in [3.63, 3.8) is 0 Å². The van der Waals surface area contributed by atoms with Gasteiger partial charge in [0.05, 0.1) is 5.92 Å². The van der Waals surface area contributed by atoms with Gasteiger partial charge in [-0.25, -0.2) is 0 Å². The maximum atomic E-state index is 11.6. The minimum absolute atomic E-state index is 0.198. The van der Waals surface area contributed by atoms with Gasteiger partial charge in [-0.15, -0.1) is 0 Å². The SMILES string of the molecule is C[C@@H]1CC(=O)[C@H]2CCC[C@@H]1C2=O. The fraction of sp³-hybridized carbons (Fsp3) is 0.800. The van der Waals surface area contributed by atoms with Crippen molar-refractivity contribution in [3.8, 4) is 0 Å². The summed E-state index contributed by atoms with van der Waals surface area (Å²) in [5, 5.41) is 0. The minimum Gasteiger partial charge on any atom is -0.299 e. The van der Waals surface area contributed by atoms with Gasteiger partial charge in [-0.1, -0.05) is 13.3 Å². The van der Waals surface area contributed by atoms with Crippen LogP contribution in [0.3, 0.4) is 0 Å². The van der Waals surface area contributed by atoms with Gasteiger partial charge in [-0.3, -0.25) is 9.59 Å². The van der Waals surface area contributed by atoms with Crippen LogP contribution < -0.4 is 0 Å². The second-order valence-electron chi connectivity index (χ2n) is 4.14. The van der Waals surface area contributed by atoms with E-state index in [0.29, 0.717) is 12.3 Å². The molecule has 0 heterocycles. The van der Waals surface area contributed by atoms with Crippen LogP contribution in [0.25, 0.3) is 0 Å². The third kappa shape index (κ3) is 1.01. The Hall–Kier alpha value is -0.660. The van der Waals surface area contributed by atoms with Gasteiger partial charge in [-0.2, -0.15) is 0 Å². The van der Waals surface area contributed by atoms with E-state index < -0.39 is 0 Å². The van der Waals surface area contributed by atoms with Crippen LogP contribution in [0.1, 0.15) is 32.6 Å². The normalized spacial score (nSPS) is 41.6. The standard InChI is InChI=1S/C10H14O2/c1-6-5-9(11)8-4-2-3-7(6)10(8)12/h6-8H,2-5H2,1H3/t6-,7+,8-/m1/s1. The molecule has 12 heavy (non-hydrogen) atoms. The van der Waals surface area contributed by atoms with E-state index in [1.54, 1.807) is 0 Å². The van der Waals surface area contributed by atoms with Crippen molar-refractivity contribution in [1.82, 2.24) is 0 Å². The minimum atomic E-state index is -0.208. The molecule has 0 aromatic carbocycles. The smallest absolute Gasteiger partial charge is 0.146 e. The molecule has 0 radical (unpaired) electrons. The number of rotatable bonds is 0. The molecule has 2 fully saturated rings. The Labute approximate surface area is 72.3 Å². The predicted molar refractivity (Wildman–Crippen MR) is 44.6 cm³/mol. The molecule has 0 spiro atoms. The lowest BCUT2D eigenvalue weighted by Gasteiger charge is -2.36. The van der Waals surface area contributed by atoms with Crippen LogP contribution in [0, 0.1) is 17.8 Å². The van der Waals surface area contributed by atoms with E-state index >= 15 is 0 Å². The lowest BCUT2D eigenvalue weighted by molar-refractivity contribution is -0.144. The van der Waals surface area contributed by atoms with Crippen LogP contribution in [0.4, 0.5) is 0 Å². The molecule has 2 rings (SSSR count). The summed E-state index contributed by atoms with van der Waals surface area (Å²) in [6.45, 7) is 2.03. The van der Waals surface area contributed by atoms with Gasteiger partial charge in [0.25, 0.3) is 0 Å². The fourth-order valence-electron chi connectivity index (χ4n) is 2.57. The summed E-state index contributed by atoms with van der Waals surface area (Å²) in [6.07, 6.45) is 3.54. The molecular weight excluding hydrogens is 152 g/mol. The second kappa shape index (κ2) is 2.68. The van der Waals surface area contributed by atoms with Crippen molar-refractivity contribution in [2.45, 2.75) is 32.6 Å². The molecule has 66 valence electrons. The summed E-state index contributed by atoms with van der Waals surface area (Å²) in [7, 11) is 0. The molecule has 2 nitrogen and oxygen atoms in total. The van der Waals surface area contributed by atoms with E-state index in [4.69, 9.17) is 0 Å². The Morgan fingerprint density at radius 1 is 1.25 bits per heavy atom.